The van der Waals surface area contributed by atoms with Gasteiger partial charge in [-0.2, -0.15) is 30.0 Å². The number of carbonyl (C=O) groups excluding carboxylic acids is 4. The van der Waals surface area contributed by atoms with Gasteiger partial charge in [0.25, 0.3) is 23.6 Å². The van der Waals surface area contributed by atoms with Gasteiger partial charge < -0.3 is 0 Å². The fourth-order valence-corrected chi connectivity index (χ4v) is 3.43. The summed E-state index contributed by atoms with van der Waals surface area (Å²) in [6.07, 6.45) is 0. The molecule has 18 heteroatoms. The van der Waals surface area contributed by atoms with E-state index in [0.29, 0.717) is 0 Å². The van der Waals surface area contributed by atoms with Crippen LogP contribution in [0.3, 0.4) is 0 Å². The van der Waals surface area contributed by atoms with E-state index >= 15 is 0 Å². The van der Waals surface area contributed by atoms with Crippen molar-refractivity contribution in [2.45, 2.75) is 5.51 Å². The molecule has 2 aliphatic heterocycles. The Morgan fingerprint density at radius 3 is 1.14 bits per heavy atom. The minimum atomic E-state index is -6.08. The summed E-state index contributed by atoms with van der Waals surface area (Å²) in [5.41, 5.74) is -6.26. The third kappa shape index (κ3) is 5.04. The molecular formula is C17H8F4N2O10S2. The van der Waals surface area contributed by atoms with Crippen molar-refractivity contribution in [2.24, 2.45) is 0 Å². The fourth-order valence-electron chi connectivity index (χ4n) is 2.70. The van der Waals surface area contributed by atoms with Crippen LogP contribution in [0, 0.1) is 0 Å². The van der Waals surface area contributed by atoms with Crippen molar-refractivity contribution in [3.63, 3.8) is 0 Å². The standard InChI is InChI=1S/C9H4F3NO5S.C8H4FNO5S/c10-9(11,12)19(16,17)18-13-7(14)5-3-1-2-4-6(5)8(13)15;9-16(13,14)15-10-7(11)5-3-1-2-4-6(5)8(10)12/h1-4H;1-4H. The van der Waals surface area contributed by atoms with Crippen LogP contribution in [0.4, 0.5) is 17.1 Å². The molecule has 4 amide bonds. The van der Waals surface area contributed by atoms with E-state index in [4.69, 9.17) is 0 Å². The van der Waals surface area contributed by atoms with E-state index in [1.165, 1.54) is 48.5 Å². The number of carbonyl (C=O) groups is 4. The van der Waals surface area contributed by atoms with Crippen LogP contribution in [0.15, 0.2) is 48.5 Å². The quantitative estimate of drug-likeness (QED) is 0.240. The molecule has 2 heterocycles. The van der Waals surface area contributed by atoms with E-state index in [1.54, 1.807) is 0 Å². The maximum absolute atomic E-state index is 12.2. The number of benzene rings is 2. The molecule has 0 fully saturated rings. The molecule has 0 spiro atoms. The molecule has 0 atom stereocenters. The molecule has 4 rings (SSSR count). The predicted molar refractivity (Wildman–Crippen MR) is 101 cm³/mol. The van der Waals surface area contributed by atoms with Crippen LogP contribution < -0.4 is 0 Å². The number of halogens is 4. The summed E-state index contributed by atoms with van der Waals surface area (Å²) < 4.78 is 97.6. The first-order chi connectivity index (χ1) is 16.0. The van der Waals surface area contributed by atoms with Crippen LogP contribution in [-0.4, -0.2) is 56.1 Å². The number of nitrogens with zero attached hydrogens (tertiary/aromatic N) is 2. The average molecular weight is 540 g/mol. The zero-order valence-electron chi connectivity index (χ0n) is 16.4. The van der Waals surface area contributed by atoms with Crippen LogP contribution in [0.5, 0.6) is 0 Å². The number of hydrogen-bond acceptors (Lipinski definition) is 10. The first-order valence-electron chi connectivity index (χ1n) is 8.66. The zero-order chi connectivity index (χ0) is 26.3. The van der Waals surface area contributed by atoms with Crippen molar-refractivity contribution in [3.05, 3.63) is 70.8 Å². The molecule has 0 saturated heterocycles. The van der Waals surface area contributed by atoms with E-state index in [-0.39, 0.29) is 27.3 Å². The van der Waals surface area contributed by atoms with Crippen molar-refractivity contribution in [1.82, 2.24) is 10.1 Å². The second kappa shape index (κ2) is 8.80. The highest BCUT2D eigenvalue weighted by molar-refractivity contribution is 7.87. The molecule has 0 bridgehead atoms. The SMILES string of the molecule is O=C1c2ccccc2C(=O)N1OS(=O)(=O)C(F)(F)F.O=C1c2ccccc2C(=O)N1OS(=O)(=O)F. The number of hydroxylamine groups is 4. The number of hydrogen-bond donors (Lipinski definition) is 0. The van der Waals surface area contributed by atoms with Gasteiger partial charge >= 0.3 is 26.1 Å². The first kappa shape index (κ1) is 25.9. The maximum atomic E-state index is 12.2. The van der Waals surface area contributed by atoms with Crippen molar-refractivity contribution in [3.8, 4) is 0 Å². The molecule has 2 aromatic carbocycles. The number of alkyl halides is 3. The van der Waals surface area contributed by atoms with E-state index in [2.05, 4.69) is 8.57 Å². The lowest BCUT2D eigenvalue weighted by molar-refractivity contribution is -0.0748. The summed E-state index contributed by atoms with van der Waals surface area (Å²) in [5, 5.41) is -0.548. The molecular weight excluding hydrogens is 532 g/mol. The fraction of sp³-hybridized carbons (Fsp3) is 0.0588. The van der Waals surface area contributed by atoms with Crippen LogP contribution >= 0.6 is 0 Å². The molecule has 2 aliphatic rings. The van der Waals surface area contributed by atoms with Gasteiger partial charge in [0.1, 0.15) is 0 Å². The van der Waals surface area contributed by atoms with Gasteiger partial charge in [-0.3, -0.25) is 19.2 Å². The topological polar surface area (TPSA) is 161 Å². The predicted octanol–water partition coefficient (Wildman–Crippen LogP) is 1.49. The van der Waals surface area contributed by atoms with Gasteiger partial charge in [-0.25, -0.2) is 0 Å². The highest BCUT2D eigenvalue weighted by Crippen LogP contribution is 2.30. The monoisotopic (exact) mass is 540 g/mol. The Morgan fingerprint density at radius 2 is 0.886 bits per heavy atom. The molecule has 0 N–H and O–H groups in total. The van der Waals surface area contributed by atoms with Crippen molar-refractivity contribution in [1.29, 1.82) is 0 Å². The summed E-state index contributed by atoms with van der Waals surface area (Å²) in [6, 6.07) is 10.7. The largest absolute Gasteiger partial charge is 0.525 e. The second-order valence-electron chi connectivity index (χ2n) is 6.34. The van der Waals surface area contributed by atoms with Crippen LogP contribution in [0.25, 0.3) is 0 Å². The summed E-state index contributed by atoms with van der Waals surface area (Å²) in [4.78, 5) is 46.0. The highest BCUT2D eigenvalue weighted by atomic mass is 32.3. The normalized spacial score (nSPS) is 15.7. The van der Waals surface area contributed by atoms with Crippen molar-refractivity contribution >= 4 is 44.3 Å². The van der Waals surface area contributed by atoms with Gasteiger partial charge in [-0.1, -0.05) is 28.2 Å². The van der Waals surface area contributed by atoms with E-state index in [9.17, 15) is 53.1 Å². The molecule has 0 saturated carbocycles. The Morgan fingerprint density at radius 1 is 0.600 bits per heavy atom. The van der Waals surface area contributed by atoms with Gasteiger partial charge in [0, 0.05) is 0 Å². The average Bonchev–Trinajstić information content (AvgIpc) is 3.14. The van der Waals surface area contributed by atoms with Crippen molar-refractivity contribution in [2.75, 3.05) is 0 Å². The molecule has 2 aromatic rings. The first-order valence-corrected chi connectivity index (χ1v) is 11.4. The number of imide groups is 2. The molecule has 0 aliphatic carbocycles. The zero-order valence-corrected chi connectivity index (χ0v) is 18.1. The van der Waals surface area contributed by atoms with E-state index in [0.717, 1.165) is 0 Å². The number of amides is 4. The Balaban J connectivity index is 0.000000198. The third-order valence-corrected chi connectivity index (χ3v) is 5.37. The molecule has 0 aromatic heterocycles. The Kier molecular flexibility index (Phi) is 6.51. The molecule has 186 valence electrons. The summed E-state index contributed by atoms with van der Waals surface area (Å²) in [6.45, 7) is 0. The smallest absolute Gasteiger partial charge is 0.266 e. The lowest BCUT2D eigenvalue weighted by Gasteiger charge is -2.14. The summed E-state index contributed by atoms with van der Waals surface area (Å²) >= 11 is 0. The lowest BCUT2D eigenvalue weighted by Crippen LogP contribution is -2.37. The third-order valence-electron chi connectivity index (χ3n) is 4.13. The highest BCUT2D eigenvalue weighted by Gasteiger charge is 2.52. The van der Waals surface area contributed by atoms with Gasteiger partial charge in [-0.15, -0.1) is 18.7 Å². The minimum Gasteiger partial charge on any atom is -0.266 e. The molecule has 12 nitrogen and oxygen atoms in total. The van der Waals surface area contributed by atoms with Crippen molar-refractivity contribution < 1.29 is 61.6 Å². The Bertz CT molecular complexity index is 1400. The Labute approximate surface area is 192 Å². The lowest BCUT2D eigenvalue weighted by atomic mass is 10.1. The van der Waals surface area contributed by atoms with Gasteiger partial charge in [0.2, 0.25) is 0 Å². The van der Waals surface area contributed by atoms with Gasteiger partial charge in [0.15, 0.2) is 0 Å². The number of rotatable bonds is 4. The van der Waals surface area contributed by atoms with Crippen LogP contribution in [-0.2, 0) is 29.2 Å². The second-order valence-corrected chi connectivity index (χ2v) is 8.80. The Hall–Kier alpha value is -3.74. The van der Waals surface area contributed by atoms with Crippen LogP contribution in [0.2, 0.25) is 0 Å². The summed E-state index contributed by atoms with van der Waals surface area (Å²) in [7, 11) is -11.5. The van der Waals surface area contributed by atoms with E-state index < -0.39 is 54.8 Å². The molecule has 0 radical (unpaired) electrons. The summed E-state index contributed by atoms with van der Waals surface area (Å²) in [5.74, 6) is -4.56. The minimum absolute atomic E-state index is 0.0313. The molecule has 0 unspecified atom stereocenters. The number of fused-ring (bicyclic) bond motifs is 2. The molecule has 35 heavy (non-hydrogen) atoms. The maximum Gasteiger partial charge on any atom is 0.525 e. The van der Waals surface area contributed by atoms with E-state index in [1.807, 2.05) is 0 Å². The van der Waals surface area contributed by atoms with Crippen LogP contribution in [0.1, 0.15) is 41.4 Å². The van der Waals surface area contributed by atoms with Gasteiger partial charge in [-0.05, 0) is 24.3 Å². The van der Waals surface area contributed by atoms with Gasteiger partial charge in [0.05, 0.1) is 22.3 Å².